The molecule has 2 aromatic rings. The molecule has 8 heteroatoms. The van der Waals surface area contributed by atoms with Crippen LogP contribution in [0.25, 0.3) is 0 Å². The Morgan fingerprint density at radius 2 is 2.04 bits per heavy atom. The fourth-order valence-electron chi connectivity index (χ4n) is 2.90. The fraction of sp³-hybridized carbons (Fsp3) is 0.353. The lowest BCUT2D eigenvalue weighted by Gasteiger charge is -2.19. The van der Waals surface area contributed by atoms with Crippen molar-refractivity contribution >= 4 is 11.6 Å². The van der Waals surface area contributed by atoms with Gasteiger partial charge in [-0.3, -0.25) is 4.79 Å². The summed E-state index contributed by atoms with van der Waals surface area (Å²) in [5, 5.41) is 2.89. The summed E-state index contributed by atoms with van der Waals surface area (Å²) >= 11 is 0. The first-order valence-electron chi connectivity index (χ1n) is 7.93. The molecule has 0 spiro atoms. The number of hydrogen-bond donors (Lipinski definition) is 2. The number of hydrogen-bond acceptors (Lipinski definition) is 3. The van der Waals surface area contributed by atoms with Crippen LogP contribution in [0.5, 0.6) is 5.75 Å². The average Bonchev–Trinajstić information content (AvgIpc) is 3.24. The lowest BCUT2D eigenvalue weighted by molar-refractivity contribution is -0.274. The van der Waals surface area contributed by atoms with Crippen LogP contribution in [0.3, 0.4) is 0 Å². The predicted octanol–water partition coefficient (Wildman–Crippen LogP) is 3.17. The third-order valence-electron chi connectivity index (χ3n) is 4.12. The Bertz CT molecular complexity index is 699. The third kappa shape index (κ3) is 4.68. The van der Waals surface area contributed by atoms with Crippen molar-refractivity contribution in [3.05, 3.63) is 48.3 Å². The molecule has 0 radical (unpaired) electrons. The van der Waals surface area contributed by atoms with Gasteiger partial charge in [0.15, 0.2) is 0 Å². The maximum Gasteiger partial charge on any atom is 0.573 e. The van der Waals surface area contributed by atoms with Crippen molar-refractivity contribution < 1.29 is 22.7 Å². The van der Waals surface area contributed by atoms with Crippen molar-refractivity contribution in [3.8, 4) is 5.75 Å². The second-order valence-corrected chi connectivity index (χ2v) is 5.94. The van der Waals surface area contributed by atoms with E-state index in [9.17, 15) is 18.0 Å². The van der Waals surface area contributed by atoms with Crippen LogP contribution in [-0.4, -0.2) is 36.9 Å². The summed E-state index contributed by atoms with van der Waals surface area (Å²) in [5.74, 6) is -0.0766. The predicted molar refractivity (Wildman–Crippen MR) is 86.6 cm³/mol. The van der Waals surface area contributed by atoms with Crippen LogP contribution in [0, 0.1) is 5.92 Å². The van der Waals surface area contributed by atoms with E-state index >= 15 is 0 Å². The van der Waals surface area contributed by atoms with E-state index < -0.39 is 6.36 Å². The lowest BCUT2D eigenvalue weighted by atomic mass is 10.1. The van der Waals surface area contributed by atoms with Gasteiger partial charge in [0.25, 0.3) is 5.91 Å². The van der Waals surface area contributed by atoms with Crippen LogP contribution < -0.4 is 15.0 Å². The Balaban J connectivity index is 1.50. The van der Waals surface area contributed by atoms with Crippen LogP contribution >= 0.6 is 0 Å². The topological polar surface area (TPSA) is 57.4 Å². The van der Waals surface area contributed by atoms with Crippen molar-refractivity contribution in [1.82, 2.24) is 10.3 Å². The number of benzene rings is 1. The Morgan fingerprint density at radius 1 is 1.28 bits per heavy atom. The molecule has 0 bridgehead atoms. The van der Waals surface area contributed by atoms with Gasteiger partial charge >= 0.3 is 6.36 Å². The zero-order valence-corrected chi connectivity index (χ0v) is 13.3. The van der Waals surface area contributed by atoms with Crippen molar-refractivity contribution in [1.29, 1.82) is 0 Å². The molecule has 3 rings (SSSR count). The molecule has 1 amide bonds. The normalized spacial score (nSPS) is 17.6. The number of alkyl halides is 3. The standard InChI is InChI=1S/C17H18F3N3O2/c18-17(19,20)25-14-5-3-13(4-6-14)23-9-7-12(11-23)10-22-16(24)15-2-1-8-21-15/h1-6,8,12,21H,7,9-11H2,(H,22,24)/t12-/m1/s1. The van der Waals surface area contributed by atoms with Gasteiger partial charge in [0.1, 0.15) is 11.4 Å². The average molecular weight is 353 g/mol. The van der Waals surface area contributed by atoms with E-state index in [1.165, 1.54) is 12.1 Å². The van der Waals surface area contributed by atoms with Gasteiger partial charge in [-0.25, -0.2) is 0 Å². The molecule has 2 N–H and O–H groups in total. The fourth-order valence-corrected chi connectivity index (χ4v) is 2.90. The van der Waals surface area contributed by atoms with Crippen LogP contribution in [0.15, 0.2) is 42.6 Å². The Hall–Kier alpha value is -2.64. The first kappa shape index (κ1) is 17.2. The molecular weight excluding hydrogens is 335 g/mol. The Kier molecular flexibility index (Phi) is 4.87. The summed E-state index contributed by atoms with van der Waals surface area (Å²) in [5.41, 5.74) is 1.36. The number of nitrogens with zero attached hydrogens (tertiary/aromatic N) is 1. The first-order chi connectivity index (χ1) is 11.9. The minimum absolute atomic E-state index is 0.142. The summed E-state index contributed by atoms with van der Waals surface area (Å²) in [6.07, 6.45) is -2.08. The number of ether oxygens (including phenoxy) is 1. The molecule has 5 nitrogen and oxygen atoms in total. The molecule has 134 valence electrons. The van der Waals surface area contributed by atoms with Gasteiger partial charge in [0, 0.05) is 31.5 Å². The number of aromatic amines is 1. The highest BCUT2D eigenvalue weighted by Gasteiger charge is 2.31. The van der Waals surface area contributed by atoms with Crippen LogP contribution in [-0.2, 0) is 0 Å². The van der Waals surface area contributed by atoms with E-state index in [0.717, 1.165) is 25.2 Å². The second-order valence-electron chi connectivity index (χ2n) is 5.94. The number of rotatable bonds is 5. The molecule has 1 aromatic heterocycles. The molecule has 1 aromatic carbocycles. The zero-order chi connectivity index (χ0) is 17.9. The molecule has 1 fully saturated rings. The van der Waals surface area contributed by atoms with Crippen molar-refractivity contribution in [3.63, 3.8) is 0 Å². The molecule has 0 unspecified atom stereocenters. The second kappa shape index (κ2) is 7.08. The number of carbonyl (C=O) groups is 1. The summed E-state index contributed by atoms with van der Waals surface area (Å²) in [4.78, 5) is 16.8. The minimum Gasteiger partial charge on any atom is -0.406 e. The molecule has 1 saturated heterocycles. The smallest absolute Gasteiger partial charge is 0.406 e. The minimum atomic E-state index is -4.68. The van der Waals surface area contributed by atoms with E-state index in [-0.39, 0.29) is 11.7 Å². The highest BCUT2D eigenvalue weighted by atomic mass is 19.4. The summed E-state index contributed by atoms with van der Waals surface area (Å²) in [7, 11) is 0. The Labute approximate surface area is 142 Å². The van der Waals surface area contributed by atoms with Gasteiger partial charge in [0.2, 0.25) is 0 Å². The van der Waals surface area contributed by atoms with E-state index in [1.807, 2.05) is 0 Å². The van der Waals surface area contributed by atoms with E-state index in [0.29, 0.717) is 18.2 Å². The van der Waals surface area contributed by atoms with E-state index in [2.05, 4.69) is 19.9 Å². The number of amides is 1. The van der Waals surface area contributed by atoms with Crippen LogP contribution in [0.4, 0.5) is 18.9 Å². The molecule has 25 heavy (non-hydrogen) atoms. The van der Waals surface area contributed by atoms with Crippen molar-refractivity contribution in [2.75, 3.05) is 24.5 Å². The van der Waals surface area contributed by atoms with Gasteiger partial charge in [-0.15, -0.1) is 13.2 Å². The number of anilines is 1. The maximum absolute atomic E-state index is 12.2. The van der Waals surface area contributed by atoms with Gasteiger partial charge < -0.3 is 19.9 Å². The van der Waals surface area contributed by atoms with Crippen molar-refractivity contribution in [2.45, 2.75) is 12.8 Å². The van der Waals surface area contributed by atoms with Crippen LogP contribution in [0.1, 0.15) is 16.9 Å². The zero-order valence-electron chi connectivity index (χ0n) is 13.3. The van der Waals surface area contributed by atoms with E-state index in [1.54, 1.807) is 30.5 Å². The molecule has 1 atom stereocenters. The molecular formula is C17H18F3N3O2. The third-order valence-corrected chi connectivity index (χ3v) is 4.12. The summed E-state index contributed by atoms with van der Waals surface area (Å²) in [6.45, 7) is 2.09. The highest BCUT2D eigenvalue weighted by Crippen LogP contribution is 2.28. The number of nitrogens with one attached hydrogen (secondary N) is 2. The number of aromatic nitrogens is 1. The molecule has 0 aliphatic carbocycles. The van der Waals surface area contributed by atoms with Gasteiger partial charge in [-0.05, 0) is 48.7 Å². The first-order valence-corrected chi connectivity index (χ1v) is 7.93. The maximum atomic E-state index is 12.2. The summed E-state index contributed by atoms with van der Waals surface area (Å²) in [6, 6.07) is 9.31. The molecule has 1 aliphatic rings. The molecule has 0 saturated carbocycles. The molecule has 2 heterocycles. The highest BCUT2D eigenvalue weighted by molar-refractivity contribution is 5.92. The lowest BCUT2D eigenvalue weighted by Crippen LogP contribution is -2.31. The Morgan fingerprint density at radius 3 is 2.68 bits per heavy atom. The SMILES string of the molecule is O=C(NC[C@H]1CCN(c2ccc(OC(F)(F)F)cc2)C1)c1ccc[nH]1. The van der Waals surface area contributed by atoms with Crippen molar-refractivity contribution in [2.24, 2.45) is 5.92 Å². The largest absolute Gasteiger partial charge is 0.573 e. The van der Waals surface area contributed by atoms with Gasteiger partial charge in [0.05, 0.1) is 0 Å². The van der Waals surface area contributed by atoms with Crippen LogP contribution in [0.2, 0.25) is 0 Å². The summed E-state index contributed by atoms with van der Waals surface area (Å²) < 4.78 is 40.4. The van der Waals surface area contributed by atoms with Gasteiger partial charge in [-0.2, -0.15) is 0 Å². The molecule has 1 aliphatic heterocycles. The van der Waals surface area contributed by atoms with Gasteiger partial charge in [-0.1, -0.05) is 0 Å². The number of H-pyrrole nitrogens is 1. The number of carbonyl (C=O) groups excluding carboxylic acids is 1. The monoisotopic (exact) mass is 353 g/mol. The quantitative estimate of drug-likeness (QED) is 0.868. The van der Waals surface area contributed by atoms with E-state index in [4.69, 9.17) is 0 Å². The number of halogens is 3.